The van der Waals surface area contributed by atoms with Gasteiger partial charge in [-0.3, -0.25) is 0 Å². The zero-order chi connectivity index (χ0) is 11.1. The van der Waals surface area contributed by atoms with E-state index in [4.69, 9.17) is 5.26 Å². The molecule has 3 aromatic rings. The summed E-state index contributed by atoms with van der Waals surface area (Å²) < 4.78 is 1.60. The van der Waals surface area contributed by atoms with Crippen molar-refractivity contribution in [2.24, 2.45) is 0 Å². The second-order valence-electron chi connectivity index (χ2n) is 3.49. The standard InChI is InChI=1S/C11H7N5/c1-7-13-14-11-9-5-3-2-4-8(9)10(6-12)15-16(7)11/h2-5H,1H3. The normalized spacial score (nSPS) is 10.8. The summed E-state index contributed by atoms with van der Waals surface area (Å²) in [7, 11) is 0. The number of aromatic nitrogens is 4. The molecule has 3 rings (SSSR count). The average Bonchev–Trinajstić information content (AvgIpc) is 2.70. The second-order valence-corrected chi connectivity index (χ2v) is 3.49. The monoisotopic (exact) mass is 209 g/mol. The fourth-order valence-electron chi connectivity index (χ4n) is 1.77. The molecule has 0 saturated heterocycles. The van der Waals surface area contributed by atoms with Crippen molar-refractivity contribution in [3.63, 3.8) is 0 Å². The highest BCUT2D eigenvalue weighted by Gasteiger charge is 2.10. The van der Waals surface area contributed by atoms with Crippen LogP contribution in [-0.2, 0) is 0 Å². The van der Waals surface area contributed by atoms with Gasteiger partial charge in [0.15, 0.2) is 17.2 Å². The van der Waals surface area contributed by atoms with E-state index in [0.29, 0.717) is 17.2 Å². The first-order valence-electron chi connectivity index (χ1n) is 4.82. The molecule has 0 aliphatic heterocycles. The van der Waals surface area contributed by atoms with Gasteiger partial charge in [0, 0.05) is 10.8 Å². The molecule has 0 unspecified atom stereocenters. The molecule has 0 bridgehead atoms. The zero-order valence-corrected chi connectivity index (χ0v) is 8.55. The predicted molar refractivity (Wildman–Crippen MR) is 57.7 cm³/mol. The Bertz CT molecular complexity index is 735. The topological polar surface area (TPSA) is 66.9 Å². The number of hydrogen-bond acceptors (Lipinski definition) is 4. The molecule has 0 saturated carbocycles. The molecule has 0 atom stereocenters. The molecule has 0 spiro atoms. The first-order valence-corrected chi connectivity index (χ1v) is 4.82. The van der Waals surface area contributed by atoms with Gasteiger partial charge in [0.25, 0.3) is 0 Å². The minimum absolute atomic E-state index is 0.394. The molecule has 0 aliphatic rings. The number of benzene rings is 1. The molecule has 0 aliphatic carbocycles. The molecule has 1 aromatic carbocycles. The predicted octanol–water partition coefficient (Wildman–Crippen LogP) is 1.46. The molecule has 0 fully saturated rings. The van der Waals surface area contributed by atoms with Crippen molar-refractivity contribution < 1.29 is 0 Å². The average molecular weight is 209 g/mol. The quantitative estimate of drug-likeness (QED) is 0.562. The maximum Gasteiger partial charge on any atom is 0.185 e. The zero-order valence-electron chi connectivity index (χ0n) is 8.55. The largest absolute Gasteiger partial charge is 0.196 e. The molecule has 0 N–H and O–H groups in total. The van der Waals surface area contributed by atoms with E-state index in [2.05, 4.69) is 21.4 Å². The smallest absolute Gasteiger partial charge is 0.185 e. The van der Waals surface area contributed by atoms with Crippen LogP contribution in [0.2, 0.25) is 0 Å². The van der Waals surface area contributed by atoms with E-state index in [0.717, 1.165) is 10.8 Å². The summed E-state index contributed by atoms with van der Waals surface area (Å²) in [5, 5.41) is 23.0. The lowest BCUT2D eigenvalue weighted by atomic mass is 10.1. The number of fused-ring (bicyclic) bond motifs is 3. The van der Waals surface area contributed by atoms with Crippen LogP contribution in [0.15, 0.2) is 24.3 Å². The molecule has 76 valence electrons. The van der Waals surface area contributed by atoms with Crippen LogP contribution in [0.3, 0.4) is 0 Å². The number of nitriles is 1. The van der Waals surface area contributed by atoms with E-state index in [-0.39, 0.29) is 0 Å². The fourth-order valence-corrected chi connectivity index (χ4v) is 1.77. The van der Waals surface area contributed by atoms with Crippen LogP contribution in [-0.4, -0.2) is 19.8 Å². The molecular weight excluding hydrogens is 202 g/mol. The first kappa shape index (κ1) is 8.80. The molecular formula is C11H7N5. The highest BCUT2D eigenvalue weighted by atomic mass is 15.4. The number of hydrogen-bond donors (Lipinski definition) is 0. The molecule has 0 radical (unpaired) electrons. The van der Waals surface area contributed by atoms with E-state index in [1.54, 1.807) is 4.52 Å². The summed E-state index contributed by atoms with van der Waals surface area (Å²) in [5.74, 6) is 0.678. The SMILES string of the molecule is Cc1nnc2c3ccccc3c(C#N)nn12. The molecule has 5 nitrogen and oxygen atoms in total. The van der Waals surface area contributed by atoms with Gasteiger partial charge >= 0.3 is 0 Å². The maximum atomic E-state index is 9.06. The van der Waals surface area contributed by atoms with Crippen molar-refractivity contribution in [3.05, 3.63) is 35.8 Å². The van der Waals surface area contributed by atoms with Crippen LogP contribution in [0.4, 0.5) is 0 Å². The lowest BCUT2D eigenvalue weighted by Gasteiger charge is -2.01. The highest BCUT2D eigenvalue weighted by molar-refractivity contribution is 5.95. The molecule has 2 heterocycles. The second kappa shape index (κ2) is 3.00. The van der Waals surface area contributed by atoms with Crippen molar-refractivity contribution in [3.8, 4) is 6.07 Å². The minimum atomic E-state index is 0.394. The van der Waals surface area contributed by atoms with Gasteiger partial charge in [0.05, 0.1) is 0 Å². The Morgan fingerprint density at radius 1 is 1.19 bits per heavy atom. The summed E-state index contributed by atoms with van der Waals surface area (Å²) in [6.07, 6.45) is 0. The molecule has 5 heteroatoms. The molecule has 16 heavy (non-hydrogen) atoms. The Morgan fingerprint density at radius 2 is 1.94 bits per heavy atom. The van der Waals surface area contributed by atoms with Crippen LogP contribution in [0.25, 0.3) is 16.4 Å². The van der Waals surface area contributed by atoms with Crippen molar-refractivity contribution in [1.29, 1.82) is 5.26 Å². The Balaban J connectivity index is 2.65. The Hall–Kier alpha value is -2.48. The highest BCUT2D eigenvalue weighted by Crippen LogP contribution is 2.20. The van der Waals surface area contributed by atoms with Crippen LogP contribution in [0.1, 0.15) is 11.5 Å². The molecule has 2 aromatic heterocycles. The van der Waals surface area contributed by atoms with Gasteiger partial charge in [-0.15, -0.1) is 10.2 Å². The van der Waals surface area contributed by atoms with Gasteiger partial charge in [-0.2, -0.15) is 14.9 Å². The third-order valence-electron chi connectivity index (χ3n) is 2.53. The van der Waals surface area contributed by atoms with Crippen molar-refractivity contribution in [1.82, 2.24) is 19.8 Å². The van der Waals surface area contributed by atoms with Crippen molar-refractivity contribution in [2.45, 2.75) is 6.92 Å². The summed E-state index contributed by atoms with van der Waals surface area (Å²) in [4.78, 5) is 0. The summed E-state index contributed by atoms with van der Waals surface area (Å²) in [6.45, 7) is 1.81. The van der Waals surface area contributed by atoms with Crippen molar-refractivity contribution in [2.75, 3.05) is 0 Å². The van der Waals surface area contributed by atoms with Crippen LogP contribution in [0, 0.1) is 18.3 Å². The third-order valence-corrected chi connectivity index (χ3v) is 2.53. The number of rotatable bonds is 0. The fraction of sp³-hybridized carbons (Fsp3) is 0.0909. The number of aryl methyl sites for hydroxylation is 1. The van der Waals surface area contributed by atoms with Crippen LogP contribution in [0.5, 0.6) is 0 Å². The Morgan fingerprint density at radius 3 is 2.69 bits per heavy atom. The third kappa shape index (κ3) is 1.01. The summed E-state index contributed by atoms with van der Waals surface area (Å²) in [5.41, 5.74) is 1.08. The van der Waals surface area contributed by atoms with Crippen LogP contribution < -0.4 is 0 Å². The maximum absolute atomic E-state index is 9.06. The van der Waals surface area contributed by atoms with Gasteiger partial charge in [-0.25, -0.2) is 0 Å². The lowest BCUT2D eigenvalue weighted by Crippen LogP contribution is -1.99. The Labute approximate surface area is 90.9 Å². The van der Waals surface area contributed by atoms with Crippen LogP contribution >= 0.6 is 0 Å². The van der Waals surface area contributed by atoms with E-state index in [9.17, 15) is 0 Å². The summed E-state index contributed by atoms with van der Waals surface area (Å²) >= 11 is 0. The Kier molecular flexibility index (Phi) is 1.65. The van der Waals surface area contributed by atoms with E-state index in [1.165, 1.54) is 0 Å². The van der Waals surface area contributed by atoms with Crippen molar-refractivity contribution >= 4 is 16.4 Å². The van der Waals surface area contributed by atoms with E-state index in [1.807, 2.05) is 31.2 Å². The lowest BCUT2D eigenvalue weighted by molar-refractivity contribution is 0.873. The summed E-state index contributed by atoms with van der Waals surface area (Å²) in [6, 6.07) is 9.67. The van der Waals surface area contributed by atoms with Gasteiger partial charge < -0.3 is 0 Å². The number of nitrogens with zero attached hydrogens (tertiary/aromatic N) is 5. The van der Waals surface area contributed by atoms with E-state index >= 15 is 0 Å². The van der Waals surface area contributed by atoms with Gasteiger partial charge in [0.2, 0.25) is 0 Å². The van der Waals surface area contributed by atoms with Gasteiger partial charge in [-0.1, -0.05) is 24.3 Å². The minimum Gasteiger partial charge on any atom is -0.196 e. The first-order chi connectivity index (χ1) is 7.81. The molecule has 0 amide bonds. The van der Waals surface area contributed by atoms with Gasteiger partial charge in [-0.05, 0) is 6.92 Å². The van der Waals surface area contributed by atoms with E-state index < -0.39 is 0 Å². The van der Waals surface area contributed by atoms with Gasteiger partial charge in [0.1, 0.15) is 6.07 Å².